The van der Waals surface area contributed by atoms with Crippen LogP contribution in [-0.4, -0.2) is 14.9 Å². The summed E-state index contributed by atoms with van der Waals surface area (Å²) in [5, 5.41) is 13.2. The summed E-state index contributed by atoms with van der Waals surface area (Å²) >= 11 is 0. The highest BCUT2D eigenvalue weighted by Gasteiger charge is 2.18. The Morgan fingerprint density at radius 2 is 1.08 bits per heavy atom. The van der Waals surface area contributed by atoms with Crippen molar-refractivity contribution in [3.8, 4) is 34.5 Å². The molecule has 2 aromatic heterocycles. The van der Waals surface area contributed by atoms with E-state index in [0.29, 0.717) is 46.0 Å². The van der Waals surface area contributed by atoms with E-state index >= 15 is 0 Å². The third kappa shape index (κ3) is 6.56. The van der Waals surface area contributed by atoms with Crippen molar-refractivity contribution >= 4 is 27.5 Å². The molecule has 0 saturated heterocycles. The van der Waals surface area contributed by atoms with Gasteiger partial charge in [0.25, 0.3) is 0 Å². The highest BCUT2D eigenvalue weighted by atomic mass is 16.6. The summed E-state index contributed by atoms with van der Waals surface area (Å²) in [5.41, 5.74) is 4.08. The fraction of sp³-hybridized carbons (Fsp3) is 0.0769. The Kier molecular flexibility index (Phi) is 8.48. The van der Waals surface area contributed by atoms with Gasteiger partial charge in [0.15, 0.2) is 0 Å². The van der Waals surface area contributed by atoms with Gasteiger partial charge in [-0.25, -0.2) is 0 Å². The molecule has 0 atom stereocenters. The molecule has 48 heavy (non-hydrogen) atoms. The maximum Gasteiger partial charge on any atom is 0.311 e. The average Bonchev–Trinajstić information content (AvgIpc) is 3.12. The van der Waals surface area contributed by atoms with E-state index in [4.69, 9.17) is 18.9 Å². The molecule has 0 aliphatic rings. The summed E-state index contributed by atoms with van der Waals surface area (Å²) < 4.78 is 24.6. The van der Waals surface area contributed by atoms with E-state index in [2.05, 4.69) is 9.97 Å². The number of rotatable bonds is 11. The molecular formula is C39H29N3O6. The number of hydrogen-bond acceptors (Lipinski definition) is 8. The first-order valence-electron chi connectivity index (χ1n) is 15.3. The van der Waals surface area contributed by atoms with Gasteiger partial charge in [-0.3, -0.25) is 20.1 Å². The molecule has 0 unspecified atom stereocenters. The second kappa shape index (κ2) is 13.5. The number of nitro benzene ring substituents is 1. The molecule has 7 rings (SSSR count). The van der Waals surface area contributed by atoms with Crippen molar-refractivity contribution in [2.24, 2.45) is 0 Å². The van der Waals surface area contributed by atoms with Crippen molar-refractivity contribution < 1.29 is 23.9 Å². The van der Waals surface area contributed by atoms with Crippen LogP contribution in [-0.2, 0) is 13.2 Å². The van der Waals surface area contributed by atoms with Crippen LogP contribution in [0, 0.1) is 17.0 Å². The minimum absolute atomic E-state index is 0.110. The highest BCUT2D eigenvalue weighted by molar-refractivity contribution is 6.06. The summed E-state index contributed by atoms with van der Waals surface area (Å²) in [6.07, 6.45) is 3.32. The third-order valence-electron chi connectivity index (χ3n) is 7.76. The van der Waals surface area contributed by atoms with Crippen molar-refractivity contribution in [2.45, 2.75) is 20.1 Å². The van der Waals surface area contributed by atoms with Crippen LogP contribution in [0.1, 0.15) is 16.7 Å². The fourth-order valence-corrected chi connectivity index (χ4v) is 5.30. The Balaban J connectivity index is 1.15. The number of pyridine rings is 2. The average molecular weight is 636 g/mol. The largest absolute Gasteiger partial charge is 0.488 e. The Morgan fingerprint density at radius 3 is 1.62 bits per heavy atom. The van der Waals surface area contributed by atoms with Crippen LogP contribution in [0.25, 0.3) is 21.8 Å². The van der Waals surface area contributed by atoms with Crippen LogP contribution in [0.3, 0.4) is 0 Å². The van der Waals surface area contributed by atoms with E-state index in [9.17, 15) is 10.1 Å². The number of aryl methyl sites for hydroxylation is 1. The summed E-state index contributed by atoms with van der Waals surface area (Å²) in [6.45, 7) is 2.63. The number of benzene rings is 5. The molecule has 0 aliphatic heterocycles. The lowest BCUT2D eigenvalue weighted by Gasteiger charge is -2.14. The first-order chi connectivity index (χ1) is 23.5. The molecular weight excluding hydrogens is 606 g/mol. The predicted octanol–water partition coefficient (Wildman–Crippen LogP) is 9.74. The van der Waals surface area contributed by atoms with Gasteiger partial charge in [-0.05, 0) is 60.0 Å². The van der Waals surface area contributed by atoms with Gasteiger partial charge in [0.2, 0.25) is 5.75 Å². The monoisotopic (exact) mass is 635 g/mol. The lowest BCUT2D eigenvalue weighted by molar-refractivity contribution is -0.386. The van der Waals surface area contributed by atoms with Crippen molar-refractivity contribution in [3.05, 3.63) is 161 Å². The molecule has 7 aromatic rings. The number of aromatic nitrogens is 2. The van der Waals surface area contributed by atoms with Gasteiger partial charge in [-0.2, -0.15) is 0 Å². The SMILES string of the molecule is Cc1ccc(Oc2ccnc3c2ccc2c(Oc4ccc([N+](=O)[O-])c(OCc5ccccc5)c4)ccnc23)cc1OCc1ccccc1. The third-order valence-corrected chi connectivity index (χ3v) is 7.76. The summed E-state index contributed by atoms with van der Waals surface area (Å²) in [7, 11) is 0. The molecule has 0 aliphatic carbocycles. The zero-order valence-electron chi connectivity index (χ0n) is 25.9. The standard InChI is InChI=1S/C39H29N3O6/c1-26-12-13-29(22-36(26)45-24-27-8-4-2-5-9-27)47-34-18-20-40-38-31(34)15-16-32-35(19-21-41-39(32)38)48-30-14-17-33(42(43)44)37(23-30)46-25-28-10-6-3-7-11-28/h2-23H,24-25H2,1H3. The normalized spacial score (nSPS) is 10.9. The second-order valence-corrected chi connectivity index (χ2v) is 11.0. The van der Waals surface area contributed by atoms with Crippen LogP contribution in [0.15, 0.2) is 134 Å². The molecule has 0 fully saturated rings. The molecule has 9 nitrogen and oxygen atoms in total. The Morgan fingerprint density at radius 1 is 0.583 bits per heavy atom. The van der Waals surface area contributed by atoms with E-state index < -0.39 is 4.92 Å². The summed E-state index contributed by atoms with van der Waals surface area (Å²) in [6, 6.07) is 37.0. The van der Waals surface area contributed by atoms with Gasteiger partial charge >= 0.3 is 5.69 Å². The number of hydrogen-bond donors (Lipinski definition) is 0. The van der Waals surface area contributed by atoms with E-state index in [1.807, 2.05) is 104 Å². The zero-order chi connectivity index (χ0) is 32.9. The molecule has 0 bridgehead atoms. The summed E-state index contributed by atoms with van der Waals surface area (Å²) in [4.78, 5) is 20.5. The molecule has 0 saturated carbocycles. The minimum Gasteiger partial charge on any atom is -0.488 e. The zero-order valence-corrected chi connectivity index (χ0v) is 25.9. The van der Waals surface area contributed by atoms with E-state index in [0.717, 1.165) is 27.8 Å². The summed E-state index contributed by atoms with van der Waals surface area (Å²) in [5.74, 6) is 2.98. The molecule has 236 valence electrons. The fourth-order valence-electron chi connectivity index (χ4n) is 5.30. The van der Waals surface area contributed by atoms with Gasteiger partial charge in [-0.1, -0.05) is 66.7 Å². The van der Waals surface area contributed by atoms with E-state index in [1.165, 1.54) is 12.1 Å². The lowest BCUT2D eigenvalue weighted by atomic mass is 10.1. The number of fused-ring (bicyclic) bond motifs is 3. The van der Waals surface area contributed by atoms with E-state index in [1.54, 1.807) is 24.5 Å². The maximum absolute atomic E-state index is 11.7. The molecule has 0 N–H and O–H groups in total. The molecule has 9 heteroatoms. The van der Waals surface area contributed by atoms with Crippen LogP contribution >= 0.6 is 0 Å². The van der Waals surface area contributed by atoms with Crippen molar-refractivity contribution in [1.29, 1.82) is 0 Å². The lowest BCUT2D eigenvalue weighted by Crippen LogP contribution is -1.99. The van der Waals surface area contributed by atoms with Gasteiger partial charge < -0.3 is 18.9 Å². The van der Waals surface area contributed by atoms with Crippen LogP contribution in [0.2, 0.25) is 0 Å². The van der Waals surface area contributed by atoms with Crippen molar-refractivity contribution in [3.63, 3.8) is 0 Å². The van der Waals surface area contributed by atoms with Gasteiger partial charge in [-0.15, -0.1) is 0 Å². The smallest absolute Gasteiger partial charge is 0.311 e. The molecule has 5 aromatic carbocycles. The Hall–Kier alpha value is -6.48. The van der Waals surface area contributed by atoms with Crippen LogP contribution in [0.4, 0.5) is 5.69 Å². The van der Waals surface area contributed by atoms with Gasteiger partial charge in [0.1, 0.15) is 53.0 Å². The maximum atomic E-state index is 11.7. The van der Waals surface area contributed by atoms with Crippen LogP contribution < -0.4 is 18.9 Å². The topological polar surface area (TPSA) is 106 Å². The van der Waals surface area contributed by atoms with E-state index in [-0.39, 0.29) is 18.0 Å². The minimum atomic E-state index is -0.474. The van der Waals surface area contributed by atoms with Crippen molar-refractivity contribution in [2.75, 3.05) is 0 Å². The highest BCUT2D eigenvalue weighted by Crippen LogP contribution is 2.39. The van der Waals surface area contributed by atoms with Crippen molar-refractivity contribution in [1.82, 2.24) is 9.97 Å². The molecule has 0 radical (unpaired) electrons. The Bertz CT molecular complexity index is 2240. The van der Waals surface area contributed by atoms with Gasteiger partial charge in [0, 0.05) is 41.4 Å². The van der Waals surface area contributed by atoms with Gasteiger partial charge in [0.05, 0.1) is 4.92 Å². The Labute approximate surface area is 276 Å². The molecule has 2 heterocycles. The quantitative estimate of drug-likeness (QED) is 0.0786. The predicted molar refractivity (Wildman–Crippen MR) is 183 cm³/mol. The first kappa shape index (κ1) is 30.2. The molecule has 0 amide bonds. The molecule has 0 spiro atoms. The number of ether oxygens (including phenoxy) is 4. The number of nitro groups is 1. The van der Waals surface area contributed by atoms with Crippen LogP contribution in [0.5, 0.6) is 34.5 Å². The first-order valence-corrected chi connectivity index (χ1v) is 15.3. The second-order valence-electron chi connectivity index (χ2n) is 11.0. The number of nitrogens with zero attached hydrogens (tertiary/aromatic N) is 3.